The molecule has 0 bridgehead atoms. The summed E-state index contributed by atoms with van der Waals surface area (Å²) in [5, 5.41) is 2.92. The minimum absolute atomic E-state index is 0.260. The lowest BCUT2D eigenvalue weighted by Gasteiger charge is -2.45. The first-order valence-electron chi connectivity index (χ1n) is 11.5. The molecule has 0 radical (unpaired) electrons. The van der Waals surface area contributed by atoms with Crippen molar-refractivity contribution in [2.75, 3.05) is 17.7 Å². The summed E-state index contributed by atoms with van der Waals surface area (Å²) in [6, 6.07) is 11.1. The second kappa shape index (κ2) is 9.96. The summed E-state index contributed by atoms with van der Waals surface area (Å²) in [6.07, 6.45) is 5.75. The number of imide groups is 1. The average Bonchev–Trinajstić information content (AvgIpc) is 3.29. The predicted molar refractivity (Wildman–Crippen MR) is 131 cm³/mol. The zero-order valence-electron chi connectivity index (χ0n) is 20.0. The number of urea groups is 1. The highest BCUT2D eigenvalue weighted by atomic mass is 16.2. The van der Waals surface area contributed by atoms with E-state index in [9.17, 15) is 14.4 Å². The molecule has 1 saturated heterocycles. The van der Waals surface area contributed by atoms with Gasteiger partial charge in [0, 0.05) is 32.7 Å². The number of rotatable bonds is 7. The number of amides is 4. The van der Waals surface area contributed by atoms with E-state index in [1.165, 1.54) is 4.90 Å². The molecule has 3 heterocycles. The Labute approximate surface area is 203 Å². The van der Waals surface area contributed by atoms with Gasteiger partial charge >= 0.3 is 6.03 Å². The molecule has 0 saturated carbocycles. The number of β-lactam (4-membered cyclic amide) rings is 1. The van der Waals surface area contributed by atoms with Crippen LogP contribution in [0.15, 0.2) is 61.1 Å². The Bertz CT molecular complexity index is 1230. The third-order valence-electron chi connectivity index (χ3n) is 6.32. The van der Waals surface area contributed by atoms with Gasteiger partial charge in [0.25, 0.3) is 5.91 Å². The quantitative estimate of drug-likeness (QED) is 0.505. The van der Waals surface area contributed by atoms with Crippen molar-refractivity contribution < 1.29 is 14.4 Å². The van der Waals surface area contributed by atoms with Crippen LogP contribution in [0.25, 0.3) is 0 Å². The molecule has 1 aliphatic heterocycles. The van der Waals surface area contributed by atoms with Gasteiger partial charge in [0.05, 0.1) is 12.0 Å². The molecule has 35 heavy (non-hydrogen) atoms. The number of imidazole rings is 1. The van der Waals surface area contributed by atoms with Crippen LogP contribution in [-0.4, -0.2) is 50.4 Å². The molecule has 1 fully saturated rings. The fourth-order valence-corrected chi connectivity index (χ4v) is 4.43. The lowest BCUT2D eigenvalue weighted by atomic mass is 9.81. The smallest absolute Gasteiger partial charge is 0.325 e. The Hall–Kier alpha value is -4.21. The highest BCUT2D eigenvalue weighted by molar-refractivity contribution is 6.12. The molecule has 2 aromatic heterocycles. The van der Waals surface area contributed by atoms with Crippen molar-refractivity contribution in [3.8, 4) is 0 Å². The van der Waals surface area contributed by atoms with Gasteiger partial charge in [0.15, 0.2) is 0 Å². The van der Waals surface area contributed by atoms with Gasteiger partial charge in [-0.2, -0.15) is 0 Å². The number of aromatic nitrogens is 3. The maximum Gasteiger partial charge on any atom is 0.325 e. The van der Waals surface area contributed by atoms with Gasteiger partial charge < -0.3 is 15.6 Å². The Morgan fingerprint density at radius 3 is 2.54 bits per heavy atom. The van der Waals surface area contributed by atoms with Gasteiger partial charge in [-0.3, -0.25) is 19.4 Å². The monoisotopic (exact) mass is 475 g/mol. The van der Waals surface area contributed by atoms with Crippen molar-refractivity contribution in [3.05, 3.63) is 72.2 Å². The van der Waals surface area contributed by atoms with Crippen LogP contribution >= 0.6 is 0 Å². The van der Waals surface area contributed by atoms with Crippen LogP contribution in [0.5, 0.6) is 0 Å². The van der Waals surface area contributed by atoms with E-state index in [-0.39, 0.29) is 12.5 Å². The molecular formula is C25H29N7O3. The van der Waals surface area contributed by atoms with Crippen LogP contribution < -0.4 is 16.0 Å². The first kappa shape index (κ1) is 23.9. The molecule has 0 aliphatic carbocycles. The summed E-state index contributed by atoms with van der Waals surface area (Å²) in [5.74, 6) is -0.779. The van der Waals surface area contributed by atoms with E-state index in [0.29, 0.717) is 18.2 Å². The van der Waals surface area contributed by atoms with E-state index < -0.39 is 29.8 Å². The number of nitrogen functional groups attached to an aromatic ring is 1. The number of likely N-dealkylation sites (tertiary alicyclic amines) is 1. The summed E-state index contributed by atoms with van der Waals surface area (Å²) in [6.45, 7) is 1.95. The van der Waals surface area contributed by atoms with Crippen molar-refractivity contribution in [1.82, 2.24) is 24.8 Å². The summed E-state index contributed by atoms with van der Waals surface area (Å²) in [4.78, 5) is 50.7. The van der Waals surface area contributed by atoms with Gasteiger partial charge in [0.1, 0.15) is 11.9 Å². The summed E-state index contributed by atoms with van der Waals surface area (Å²) in [5.41, 5.74) is 7.49. The maximum absolute atomic E-state index is 13.6. The van der Waals surface area contributed by atoms with E-state index in [2.05, 4.69) is 15.3 Å². The van der Waals surface area contributed by atoms with E-state index in [1.54, 1.807) is 49.4 Å². The summed E-state index contributed by atoms with van der Waals surface area (Å²) >= 11 is 0. The van der Waals surface area contributed by atoms with Crippen LogP contribution in [-0.2, 0) is 23.1 Å². The number of hydrogen-bond donors (Lipinski definition) is 2. The molecule has 10 nitrogen and oxygen atoms in total. The molecule has 3 atom stereocenters. The van der Waals surface area contributed by atoms with Gasteiger partial charge in [-0.05, 0) is 36.1 Å². The van der Waals surface area contributed by atoms with Crippen LogP contribution in [0.3, 0.4) is 0 Å². The Morgan fingerprint density at radius 2 is 1.91 bits per heavy atom. The lowest BCUT2D eigenvalue weighted by molar-refractivity contribution is -0.156. The van der Waals surface area contributed by atoms with Gasteiger partial charge in [-0.1, -0.05) is 37.3 Å². The highest BCUT2D eigenvalue weighted by Gasteiger charge is 2.55. The van der Waals surface area contributed by atoms with Crippen molar-refractivity contribution >= 4 is 29.6 Å². The van der Waals surface area contributed by atoms with E-state index in [0.717, 1.165) is 16.0 Å². The number of pyridine rings is 1. The van der Waals surface area contributed by atoms with Crippen molar-refractivity contribution in [3.63, 3.8) is 0 Å². The maximum atomic E-state index is 13.6. The normalized spacial score (nSPS) is 18.0. The van der Waals surface area contributed by atoms with Crippen molar-refractivity contribution in [2.24, 2.45) is 13.0 Å². The molecule has 0 spiro atoms. The molecular weight excluding hydrogens is 446 g/mol. The topological polar surface area (TPSA) is 126 Å². The average molecular weight is 476 g/mol. The number of carbonyl (C=O) groups is 3. The second-order valence-corrected chi connectivity index (χ2v) is 8.61. The fraction of sp³-hybridized carbons (Fsp3) is 0.320. The number of nitrogens with one attached hydrogen (secondary N) is 1. The third-order valence-corrected chi connectivity index (χ3v) is 6.32. The zero-order chi connectivity index (χ0) is 25.1. The number of anilines is 2. The SMILES string of the molecule is CC[C@@H](NC(=O)N1C(=O)[C@H](Cc2ccnc(N)c2)[C@H]1C(=O)N(C)c1nccn1C)c1ccccc1. The van der Waals surface area contributed by atoms with Gasteiger partial charge in [-0.15, -0.1) is 0 Å². The molecule has 10 heteroatoms. The minimum atomic E-state index is -0.980. The largest absolute Gasteiger partial charge is 0.384 e. The molecule has 3 aromatic rings. The molecule has 0 unspecified atom stereocenters. The highest BCUT2D eigenvalue weighted by Crippen LogP contribution is 2.33. The van der Waals surface area contributed by atoms with E-state index in [4.69, 9.17) is 5.73 Å². The number of nitrogens with zero attached hydrogens (tertiary/aromatic N) is 5. The van der Waals surface area contributed by atoms with Gasteiger partial charge in [0.2, 0.25) is 11.9 Å². The first-order chi connectivity index (χ1) is 16.8. The predicted octanol–water partition coefficient (Wildman–Crippen LogP) is 2.29. The first-order valence-corrected chi connectivity index (χ1v) is 11.5. The number of likely N-dealkylation sites (N-methyl/N-ethyl adjacent to an activating group) is 1. The van der Waals surface area contributed by atoms with Gasteiger partial charge in [-0.25, -0.2) is 14.8 Å². The summed E-state index contributed by atoms with van der Waals surface area (Å²) in [7, 11) is 3.36. The summed E-state index contributed by atoms with van der Waals surface area (Å²) < 4.78 is 1.70. The molecule has 4 amide bonds. The molecule has 1 aromatic carbocycles. The Balaban J connectivity index is 1.60. The lowest BCUT2D eigenvalue weighted by Crippen LogP contribution is -2.70. The van der Waals surface area contributed by atoms with Crippen LogP contribution in [0.2, 0.25) is 0 Å². The molecule has 4 rings (SSSR count). The third kappa shape index (κ3) is 4.72. The second-order valence-electron chi connectivity index (χ2n) is 8.61. The number of nitrogens with two attached hydrogens (primary N) is 1. The van der Waals surface area contributed by atoms with Crippen LogP contribution in [0.1, 0.15) is 30.5 Å². The number of aryl methyl sites for hydroxylation is 1. The minimum Gasteiger partial charge on any atom is -0.384 e. The van der Waals surface area contributed by atoms with E-state index in [1.807, 2.05) is 37.3 Å². The Morgan fingerprint density at radius 1 is 1.17 bits per heavy atom. The standard InChI is InChI=1S/C25H29N7O3/c1-4-19(17-8-6-5-7-9-17)29-25(35)32-21(23(34)31(3)24-28-12-13-30(24)2)18(22(32)33)14-16-10-11-27-20(26)15-16/h5-13,15,18-19,21H,4,14H2,1-3H3,(H2,26,27)(H,29,35)/t18-,19-,21+/m1/s1. The van der Waals surface area contributed by atoms with Crippen molar-refractivity contribution in [1.29, 1.82) is 0 Å². The van der Waals surface area contributed by atoms with E-state index >= 15 is 0 Å². The van der Waals surface area contributed by atoms with Crippen LogP contribution in [0.4, 0.5) is 16.6 Å². The van der Waals surface area contributed by atoms with Crippen molar-refractivity contribution in [2.45, 2.75) is 31.8 Å². The fourth-order valence-electron chi connectivity index (χ4n) is 4.43. The molecule has 1 aliphatic rings. The molecule has 182 valence electrons. The zero-order valence-corrected chi connectivity index (χ0v) is 20.0. The Kier molecular flexibility index (Phi) is 6.81. The number of hydrogen-bond acceptors (Lipinski definition) is 6. The number of carbonyl (C=O) groups excluding carboxylic acids is 3. The number of benzene rings is 1. The molecule has 3 N–H and O–H groups in total. The van der Waals surface area contributed by atoms with Crippen LogP contribution in [0, 0.1) is 5.92 Å².